The van der Waals surface area contributed by atoms with Crippen LogP contribution in [0.3, 0.4) is 0 Å². The standard InChI is InChI=1S/C3H7NO.Na.H/c1-4-2-3-5;;/h3-4H,2H2,1H3;;. The maximum atomic E-state index is 9.34. The van der Waals surface area contributed by atoms with Gasteiger partial charge in [0.05, 0.1) is 6.54 Å². The van der Waals surface area contributed by atoms with Gasteiger partial charge in [0, 0.05) is 0 Å². The fraction of sp³-hybridized carbons (Fsp3) is 0.667. The van der Waals surface area contributed by atoms with E-state index in [4.69, 9.17) is 0 Å². The van der Waals surface area contributed by atoms with Crippen molar-refractivity contribution in [3.8, 4) is 0 Å². The Kier molecular flexibility index (Phi) is 15.0. The fourth-order valence-electron chi connectivity index (χ4n) is 0.0833. The van der Waals surface area contributed by atoms with E-state index in [1.165, 1.54) is 0 Å². The topological polar surface area (TPSA) is 29.1 Å². The monoisotopic (exact) mass is 97.1 g/mol. The molecule has 0 aromatic rings. The summed E-state index contributed by atoms with van der Waals surface area (Å²) in [6, 6.07) is 0. The molecule has 0 radical (unpaired) electrons. The third-order valence-electron chi connectivity index (χ3n) is 0.287. The molecule has 0 spiro atoms. The van der Waals surface area contributed by atoms with Crippen LogP contribution in [0.1, 0.15) is 0 Å². The van der Waals surface area contributed by atoms with Gasteiger partial charge in [0.25, 0.3) is 0 Å². The van der Waals surface area contributed by atoms with Gasteiger partial charge >= 0.3 is 29.6 Å². The van der Waals surface area contributed by atoms with Crippen molar-refractivity contribution in [2.45, 2.75) is 0 Å². The number of rotatable bonds is 2. The Labute approximate surface area is 59.6 Å². The molecule has 0 heterocycles. The Balaban J connectivity index is 0. The fourth-order valence-corrected chi connectivity index (χ4v) is 0.0833. The van der Waals surface area contributed by atoms with E-state index in [0.717, 1.165) is 6.29 Å². The third-order valence-corrected chi connectivity index (χ3v) is 0.287. The van der Waals surface area contributed by atoms with E-state index < -0.39 is 0 Å². The van der Waals surface area contributed by atoms with Gasteiger partial charge in [0.1, 0.15) is 6.29 Å². The molecule has 1 N–H and O–H groups in total. The summed E-state index contributed by atoms with van der Waals surface area (Å²) in [5, 5.41) is 2.65. The van der Waals surface area contributed by atoms with Gasteiger partial charge < -0.3 is 10.1 Å². The van der Waals surface area contributed by atoms with Crippen molar-refractivity contribution in [1.29, 1.82) is 0 Å². The summed E-state index contributed by atoms with van der Waals surface area (Å²) in [6.07, 6.45) is 0.819. The van der Waals surface area contributed by atoms with Crippen LogP contribution < -0.4 is 5.32 Å². The number of nitrogens with one attached hydrogen (secondary N) is 1. The number of carbonyl (C=O) groups excluding carboxylic acids is 1. The second-order valence-corrected chi connectivity index (χ2v) is 0.724. The van der Waals surface area contributed by atoms with Crippen LogP contribution in [-0.4, -0.2) is 49.4 Å². The predicted octanol–water partition coefficient (Wildman–Crippen LogP) is -1.24. The number of carbonyl (C=O) groups is 1. The molecule has 0 aliphatic heterocycles. The zero-order valence-corrected chi connectivity index (χ0v) is 3.19. The zero-order chi connectivity index (χ0) is 4.12. The van der Waals surface area contributed by atoms with Gasteiger partial charge in [-0.2, -0.15) is 0 Å². The molecule has 0 aliphatic rings. The summed E-state index contributed by atoms with van der Waals surface area (Å²) in [4.78, 5) is 9.34. The Morgan fingerprint density at radius 3 is 2.33 bits per heavy atom. The summed E-state index contributed by atoms with van der Waals surface area (Å²) in [6.45, 7) is 0.458. The predicted molar refractivity (Wildman–Crippen MR) is 27.1 cm³/mol. The van der Waals surface area contributed by atoms with Gasteiger partial charge in [-0.1, -0.05) is 0 Å². The molecule has 2 nitrogen and oxygen atoms in total. The van der Waals surface area contributed by atoms with Crippen LogP contribution in [-0.2, 0) is 4.79 Å². The molecule has 0 amide bonds. The first-order valence-electron chi connectivity index (χ1n) is 1.50. The Morgan fingerprint density at radius 1 is 1.83 bits per heavy atom. The molecule has 0 aromatic heterocycles. The first-order valence-corrected chi connectivity index (χ1v) is 1.50. The van der Waals surface area contributed by atoms with Crippen LogP contribution in [0, 0.1) is 0 Å². The average molecular weight is 97.1 g/mol. The molecule has 32 valence electrons. The molecule has 0 unspecified atom stereocenters. The number of hydrogen-bond donors (Lipinski definition) is 1. The van der Waals surface area contributed by atoms with Crippen molar-refractivity contribution in [3.05, 3.63) is 0 Å². The van der Waals surface area contributed by atoms with E-state index in [9.17, 15) is 4.79 Å². The molecule has 0 saturated carbocycles. The molecule has 0 rings (SSSR count). The van der Waals surface area contributed by atoms with Crippen LogP contribution >= 0.6 is 0 Å². The maximum absolute atomic E-state index is 9.34. The van der Waals surface area contributed by atoms with Crippen LogP contribution in [0.15, 0.2) is 0 Å². The minimum atomic E-state index is 0. The van der Waals surface area contributed by atoms with E-state index in [2.05, 4.69) is 5.32 Å². The van der Waals surface area contributed by atoms with E-state index in [0.29, 0.717) is 6.54 Å². The van der Waals surface area contributed by atoms with Crippen molar-refractivity contribution in [2.75, 3.05) is 13.6 Å². The number of aldehydes is 1. The molecular weight excluding hydrogens is 89.0 g/mol. The molecule has 0 aromatic carbocycles. The minimum absolute atomic E-state index is 0. The van der Waals surface area contributed by atoms with Crippen LogP contribution in [0.4, 0.5) is 0 Å². The van der Waals surface area contributed by atoms with Crippen molar-refractivity contribution < 1.29 is 4.79 Å². The van der Waals surface area contributed by atoms with Crippen molar-refractivity contribution in [2.24, 2.45) is 0 Å². The van der Waals surface area contributed by atoms with Crippen LogP contribution in [0.25, 0.3) is 0 Å². The number of hydrogen-bond acceptors (Lipinski definition) is 2. The first-order chi connectivity index (χ1) is 2.41. The van der Waals surface area contributed by atoms with Gasteiger partial charge in [0.2, 0.25) is 0 Å². The van der Waals surface area contributed by atoms with Crippen molar-refractivity contribution in [3.63, 3.8) is 0 Å². The molecule has 3 heteroatoms. The van der Waals surface area contributed by atoms with Crippen LogP contribution in [0.2, 0.25) is 0 Å². The normalized spacial score (nSPS) is 6.17. The first kappa shape index (κ1) is 9.80. The van der Waals surface area contributed by atoms with Gasteiger partial charge in [-0.25, -0.2) is 0 Å². The van der Waals surface area contributed by atoms with Gasteiger partial charge in [-0.15, -0.1) is 0 Å². The molecule has 0 bridgehead atoms. The van der Waals surface area contributed by atoms with Gasteiger partial charge in [0.15, 0.2) is 0 Å². The van der Waals surface area contributed by atoms with Gasteiger partial charge in [-0.05, 0) is 7.05 Å². The zero-order valence-electron chi connectivity index (χ0n) is 3.19. The van der Waals surface area contributed by atoms with E-state index in [1.807, 2.05) is 0 Å². The Hall–Kier alpha value is 0.630. The third kappa shape index (κ3) is 8.82. The average Bonchev–Trinajstić information content (AvgIpc) is 1.41. The van der Waals surface area contributed by atoms with Crippen molar-refractivity contribution >= 4 is 35.8 Å². The SMILES string of the molecule is CNCC=O.[NaH]. The van der Waals surface area contributed by atoms with E-state index >= 15 is 0 Å². The second kappa shape index (κ2) is 9.16. The van der Waals surface area contributed by atoms with E-state index in [-0.39, 0.29) is 29.6 Å². The molecular formula is C3H8NNaO. The second-order valence-electron chi connectivity index (χ2n) is 0.724. The van der Waals surface area contributed by atoms with Crippen LogP contribution in [0.5, 0.6) is 0 Å². The summed E-state index contributed by atoms with van der Waals surface area (Å²) in [5.41, 5.74) is 0. The quantitative estimate of drug-likeness (QED) is 0.345. The van der Waals surface area contributed by atoms with Gasteiger partial charge in [-0.3, -0.25) is 0 Å². The molecule has 0 atom stereocenters. The summed E-state index contributed by atoms with van der Waals surface area (Å²) in [5.74, 6) is 0. The summed E-state index contributed by atoms with van der Waals surface area (Å²) < 4.78 is 0. The Morgan fingerprint density at radius 2 is 2.33 bits per heavy atom. The Bertz CT molecular complexity index is 32.0. The van der Waals surface area contributed by atoms with E-state index in [1.54, 1.807) is 7.05 Å². The molecule has 0 aliphatic carbocycles. The molecule has 0 fully saturated rings. The van der Waals surface area contributed by atoms with Crippen molar-refractivity contribution in [1.82, 2.24) is 5.32 Å². The molecule has 0 saturated heterocycles. The number of likely N-dealkylation sites (N-methyl/N-ethyl adjacent to an activating group) is 1. The summed E-state index contributed by atoms with van der Waals surface area (Å²) in [7, 11) is 1.73. The molecule has 6 heavy (non-hydrogen) atoms. The summed E-state index contributed by atoms with van der Waals surface area (Å²) >= 11 is 0.